The topological polar surface area (TPSA) is 25.8 Å². The van der Waals surface area contributed by atoms with E-state index in [0.29, 0.717) is 5.15 Å². The second-order valence-electron chi connectivity index (χ2n) is 2.62. The molecule has 0 radical (unpaired) electrons. The second kappa shape index (κ2) is 4.77. The molecule has 0 atom stereocenters. The van der Waals surface area contributed by atoms with E-state index in [9.17, 15) is 0 Å². The third-order valence-corrected chi connectivity index (χ3v) is 2.01. The van der Waals surface area contributed by atoms with E-state index in [1.807, 2.05) is 6.08 Å². The van der Waals surface area contributed by atoms with Gasteiger partial charge in [0.15, 0.2) is 5.15 Å². The van der Waals surface area contributed by atoms with E-state index in [0.717, 1.165) is 24.0 Å². The fraction of sp³-hybridized carbons (Fsp3) is 0.200. The van der Waals surface area contributed by atoms with Crippen molar-refractivity contribution in [3.63, 3.8) is 0 Å². The predicted molar refractivity (Wildman–Crippen MR) is 54.8 cm³/mol. The molecule has 0 aromatic carbocycles. The van der Waals surface area contributed by atoms with Crippen LogP contribution in [0.25, 0.3) is 0 Å². The van der Waals surface area contributed by atoms with E-state index < -0.39 is 0 Å². The fourth-order valence-electron chi connectivity index (χ4n) is 1.11. The van der Waals surface area contributed by atoms with Gasteiger partial charge in [0.05, 0.1) is 6.20 Å². The molecular formula is C10H11ClN2. The zero-order valence-corrected chi connectivity index (χ0v) is 8.09. The average molecular weight is 195 g/mol. The monoisotopic (exact) mass is 194 g/mol. The van der Waals surface area contributed by atoms with E-state index in [1.165, 1.54) is 0 Å². The standard InChI is InChI=1S/C10H11ClN2/c1-3-5-8-7-12-13-10(11)9(8)6-4-2/h3-4,7H,1-2,5-6H2. The van der Waals surface area contributed by atoms with Gasteiger partial charge in [-0.25, -0.2) is 0 Å². The zero-order chi connectivity index (χ0) is 9.68. The Balaban J connectivity index is 3.08. The summed E-state index contributed by atoms with van der Waals surface area (Å²) in [5.74, 6) is 0. The van der Waals surface area contributed by atoms with Gasteiger partial charge in [-0.15, -0.1) is 18.3 Å². The van der Waals surface area contributed by atoms with Crippen LogP contribution in [0.5, 0.6) is 0 Å². The lowest BCUT2D eigenvalue weighted by atomic mass is 10.1. The minimum Gasteiger partial charge on any atom is -0.157 e. The molecule has 13 heavy (non-hydrogen) atoms. The van der Waals surface area contributed by atoms with Crippen molar-refractivity contribution in [3.05, 3.63) is 47.8 Å². The van der Waals surface area contributed by atoms with Crippen LogP contribution in [0.4, 0.5) is 0 Å². The summed E-state index contributed by atoms with van der Waals surface area (Å²) in [7, 11) is 0. The normalized spacial score (nSPS) is 9.62. The fourth-order valence-corrected chi connectivity index (χ4v) is 1.35. The second-order valence-corrected chi connectivity index (χ2v) is 2.98. The molecule has 0 aliphatic rings. The molecular weight excluding hydrogens is 184 g/mol. The first-order valence-corrected chi connectivity index (χ1v) is 4.38. The van der Waals surface area contributed by atoms with Gasteiger partial charge in [-0.05, 0) is 18.4 Å². The Bertz CT molecular complexity index is 321. The highest BCUT2D eigenvalue weighted by Crippen LogP contribution is 2.17. The molecule has 3 heteroatoms. The van der Waals surface area contributed by atoms with E-state index in [1.54, 1.807) is 12.3 Å². The third kappa shape index (κ3) is 2.39. The molecule has 1 heterocycles. The molecule has 0 aliphatic carbocycles. The van der Waals surface area contributed by atoms with Crippen LogP contribution in [0.1, 0.15) is 11.1 Å². The third-order valence-electron chi connectivity index (χ3n) is 1.71. The van der Waals surface area contributed by atoms with Crippen molar-refractivity contribution in [2.75, 3.05) is 0 Å². The van der Waals surface area contributed by atoms with Gasteiger partial charge in [-0.3, -0.25) is 0 Å². The van der Waals surface area contributed by atoms with Crippen LogP contribution < -0.4 is 0 Å². The highest BCUT2D eigenvalue weighted by molar-refractivity contribution is 6.30. The van der Waals surface area contributed by atoms with Crippen molar-refractivity contribution in [2.24, 2.45) is 0 Å². The Hall–Kier alpha value is -1.15. The van der Waals surface area contributed by atoms with Gasteiger partial charge in [-0.1, -0.05) is 23.8 Å². The van der Waals surface area contributed by atoms with Gasteiger partial charge in [0.2, 0.25) is 0 Å². The minimum absolute atomic E-state index is 0.458. The number of hydrogen-bond donors (Lipinski definition) is 0. The van der Waals surface area contributed by atoms with Gasteiger partial charge in [0.25, 0.3) is 0 Å². The first kappa shape index (κ1) is 9.93. The first-order chi connectivity index (χ1) is 6.29. The maximum absolute atomic E-state index is 5.89. The van der Waals surface area contributed by atoms with Crippen molar-refractivity contribution in [3.8, 4) is 0 Å². The summed E-state index contributed by atoms with van der Waals surface area (Å²) in [6, 6.07) is 0. The van der Waals surface area contributed by atoms with Crippen LogP contribution in [-0.2, 0) is 12.8 Å². The predicted octanol–water partition coefficient (Wildman–Crippen LogP) is 2.59. The van der Waals surface area contributed by atoms with E-state index in [2.05, 4.69) is 23.4 Å². The lowest BCUT2D eigenvalue weighted by Crippen LogP contribution is -1.97. The molecule has 1 aromatic heterocycles. The summed E-state index contributed by atoms with van der Waals surface area (Å²) in [4.78, 5) is 0. The van der Waals surface area contributed by atoms with E-state index >= 15 is 0 Å². The zero-order valence-electron chi connectivity index (χ0n) is 7.33. The molecule has 1 rings (SSSR count). The van der Waals surface area contributed by atoms with E-state index in [4.69, 9.17) is 11.6 Å². The van der Waals surface area contributed by atoms with Gasteiger partial charge >= 0.3 is 0 Å². The van der Waals surface area contributed by atoms with Crippen molar-refractivity contribution < 1.29 is 0 Å². The molecule has 0 aliphatic heterocycles. The molecule has 2 nitrogen and oxygen atoms in total. The molecule has 0 N–H and O–H groups in total. The maximum atomic E-state index is 5.89. The van der Waals surface area contributed by atoms with Crippen LogP contribution >= 0.6 is 11.6 Å². The highest BCUT2D eigenvalue weighted by atomic mass is 35.5. The summed E-state index contributed by atoms with van der Waals surface area (Å²) >= 11 is 5.89. The Morgan fingerprint density at radius 2 is 2.00 bits per heavy atom. The van der Waals surface area contributed by atoms with E-state index in [-0.39, 0.29) is 0 Å². The highest BCUT2D eigenvalue weighted by Gasteiger charge is 2.05. The molecule has 0 saturated heterocycles. The molecule has 0 unspecified atom stereocenters. The van der Waals surface area contributed by atoms with Crippen LogP contribution in [0, 0.1) is 0 Å². The molecule has 0 bridgehead atoms. The Morgan fingerprint density at radius 3 is 2.62 bits per heavy atom. The lowest BCUT2D eigenvalue weighted by molar-refractivity contribution is 0.964. The van der Waals surface area contributed by atoms with Crippen molar-refractivity contribution in [1.29, 1.82) is 0 Å². The van der Waals surface area contributed by atoms with Crippen molar-refractivity contribution >= 4 is 11.6 Å². The SMILES string of the molecule is C=CCc1cnnc(Cl)c1CC=C. The number of halogens is 1. The van der Waals surface area contributed by atoms with Crippen LogP contribution in [0.2, 0.25) is 5.15 Å². The molecule has 0 spiro atoms. The quantitative estimate of drug-likeness (QED) is 0.689. The first-order valence-electron chi connectivity index (χ1n) is 4.00. The van der Waals surface area contributed by atoms with Gasteiger partial charge < -0.3 is 0 Å². The average Bonchev–Trinajstić information content (AvgIpc) is 2.11. The van der Waals surface area contributed by atoms with Gasteiger partial charge in [0.1, 0.15) is 0 Å². The smallest absolute Gasteiger partial charge is 0.155 e. The summed E-state index contributed by atoms with van der Waals surface area (Å²) < 4.78 is 0. The maximum Gasteiger partial charge on any atom is 0.155 e. The number of aromatic nitrogens is 2. The molecule has 0 amide bonds. The Labute approximate surface area is 83.0 Å². The molecule has 0 fully saturated rings. The molecule has 1 aromatic rings. The van der Waals surface area contributed by atoms with Crippen LogP contribution in [-0.4, -0.2) is 10.2 Å². The summed E-state index contributed by atoms with van der Waals surface area (Å²) in [6.07, 6.45) is 6.82. The van der Waals surface area contributed by atoms with Crippen molar-refractivity contribution in [2.45, 2.75) is 12.8 Å². The van der Waals surface area contributed by atoms with Crippen LogP contribution in [0.3, 0.4) is 0 Å². The molecule has 0 saturated carbocycles. The number of hydrogen-bond acceptors (Lipinski definition) is 2. The van der Waals surface area contributed by atoms with Gasteiger partial charge in [0, 0.05) is 5.56 Å². The molecule has 68 valence electrons. The summed E-state index contributed by atoms with van der Waals surface area (Å²) in [5.41, 5.74) is 2.06. The largest absolute Gasteiger partial charge is 0.157 e. The number of nitrogens with zero attached hydrogens (tertiary/aromatic N) is 2. The van der Waals surface area contributed by atoms with Crippen molar-refractivity contribution in [1.82, 2.24) is 10.2 Å². The Kier molecular flexibility index (Phi) is 3.65. The lowest BCUT2D eigenvalue weighted by Gasteiger charge is -2.04. The summed E-state index contributed by atoms with van der Waals surface area (Å²) in [6.45, 7) is 7.34. The Morgan fingerprint density at radius 1 is 1.31 bits per heavy atom. The summed E-state index contributed by atoms with van der Waals surface area (Å²) in [5, 5.41) is 8.01. The van der Waals surface area contributed by atoms with Gasteiger partial charge in [-0.2, -0.15) is 5.10 Å². The number of allylic oxidation sites excluding steroid dienone is 2. The number of rotatable bonds is 4. The minimum atomic E-state index is 0.458. The van der Waals surface area contributed by atoms with Crippen LogP contribution in [0.15, 0.2) is 31.5 Å².